The summed E-state index contributed by atoms with van der Waals surface area (Å²) < 4.78 is 0. The van der Waals surface area contributed by atoms with E-state index < -0.39 is 54.4 Å². The minimum absolute atomic E-state index is 0.00439. The first-order chi connectivity index (χ1) is 25.9. The highest BCUT2D eigenvalue weighted by Gasteiger charge is 2.35. The first kappa shape index (κ1) is 47.9. The molecule has 0 aliphatic heterocycles. The van der Waals surface area contributed by atoms with Crippen molar-refractivity contribution in [3.8, 4) is 0 Å². The molecule has 5 atom stereocenters. The molecule has 1 aromatic rings. The molecule has 0 radical (unpaired) electrons. The highest BCUT2D eigenvalue weighted by atomic mass is 16.4. The topological polar surface area (TPSA) is 319 Å². The molecule has 1 aromatic carbocycles. The number of amides is 6. The van der Waals surface area contributed by atoms with Gasteiger partial charge in [0, 0.05) is 101 Å². The number of carbonyl (C=O) groups excluding carboxylic acids is 6. The number of hydrogen-bond acceptors (Lipinski definition) is 12. The van der Waals surface area contributed by atoms with Crippen LogP contribution in [-0.2, 0) is 24.0 Å². The second-order valence-corrected chi connectivity index (χ2v) is 13.1. The number of hydrogen-bond donors (Lipinski definition) is 12. The smallest absolute Gasteiger partial charge is 0.423 e. The maximum Gasteiger partial charge on any atom is 0.488 e. The van der Waals surface area contributed by atoms with Crippen molar-refractivity contribution < 1.29 is 38.8 Å². The van der Waals surface area contributed by atoms with Gasteiger partial charge in [0.1, 0.15) is 0 Å². The molecule has 0 aromatic heterocycles. The third-order valence-corrected chi connectivity index (χ3v) is 9.07. The average molecular weight is 763 g/mol. The number of benzene rings is 1. The van der Waals surface area contributed by atoms with Gasteiger partial charge in [-0.3, -0.25) is 28.8 Å². The lowest BCUT2D eigenvalue weighted by molar-refractivity contribution is -0.131. The summed E-state index contributed by atoms with van der Waals surface area (Å²) in [5.74, 6) is -5.86. The average Bonchev–Trinajstić information content (AvgIpc) is 3.17. The van der Waals surface area contributed by atoms with Crippen LogP contribution < -0.4 is 60.3 Å². The molecule has 0 heterocycles. The molecule has 18 nitrogen and oxygen atoms in total. The molecule has 0 bridgehead atoms. The Bertz CT molecular complexity index is 1310. The van der Waals surface area contributed by atoms with Crippen LogP contribution in [0.15, 0.2) is 24.3 Å². The predicted octanol–water partition coefficient (Wildman–Crippen LogP) is -4.03. The minimum atomic E-state index is -1.65. The van der Waals surface area contributed by atoms with Crippen molar-refractivity contribution in [1.29, 1.82) is 0 Å². The molecule has 0 spiro atoms. The van der Waals surface area contributed by atoms with E-state index in [2.05, 4.69) is 31.9 Å². The molecule has 19 heteroatoms. The molecule has 0 aliphatic carbocycles. The molecule has 304 valence electrons. The van der Waals surface area contributed by atoms with Crippen LogP contribution in [0, 0.1) is 29.6 Å². The normalized spacial score (nSPS) is 13.7. The first-order valence-electron chi connectivity index (χ1n) is 18.8. The van der Waals surface area contributed by atoms with E-state index in [1.807, 2.05) is 6.92 Å². The third-order valence-electron chi connectivity index (χ3n) is 9.07. The van der Waals surface area contributed by atoms with Gasteiger partial charge in [-0.05, 0) is 56.1 Å². The van der Waals surface area contributed by atoms with E-state index in [-0.39, 0.29) is 114 Å². The lowest BCUT2D eigenvalue weighted by atomic mass is 9.78. The first-order valence-corrected chi connectivity index (χ1v) is 18.8. The molecule has 0 saturated carbocycles. The maximum absolute atomic E-state index is 13.6. The Morgan fingerprint density at radius 2 is 0.796 bits per heavy atom. The van der Waals surface area contributed by atoms with Crippen LogP contribution in [-0.4, -0.2) is 118 Å². The fourth-order valence-electron chi connectivity index (χ4n) is 6.00. The number of rotatable bonds is 28. The van der Waals surface area contributed by atoms with Gasteiger partial charge >= 0.3 is 7.12 Å². The molecule has 6 amide bonds. The summed E-state index contributed by atoms with van der Waals surface area (Å²) in [6, 6.07) is 5.74. The Labute approximate surface area is 318 Å². The van der Waals surface area contributed by atoms with E-state index in [4.69, 9.17) is 22.9 Å². The SMILES string of the molecule is CCC(CC(CC(CC(CC(CC)C(=O)NCCNC(=O)c1ccc(B(O)O)cc1)C(=O)NCCN)C(=O)NCCN)C(=O)NCCN)C(=O)NCCN. The van der Waals surface area contributed by atoms with Gasteiger partial charge in [-0.25, -0.2) is 0 Å². The summed E-state index contributed by atoms with van der Waals surface area (Å²) in [4.78, 5) is 79.5. The summed E-state index contributed by atoms with van der Waals surface area (Å²) >= 11 is 0. The van der Waals surface area contributed by atoms with E-state index in [1.54, 1.807) is 6.92 Å². The van der Waals surface area contributed by atoms with Gasteiger partial charge in [0.2, 0.25) is 29.5 Å². The van der Waals surface area contributed by atoms with E-state index in [1.165, 1.54) is 24.3 Å². The Morgan fingerprint density at radius 1 is 0.500 bits per heavy atom. The summed E-state index contributed by atoms with van der Waals surface area (Å²) in [6.45, 7) is 5.41. The van der Waals surface area contributed by atoms with E-state index in [9.17, 15) is 38.8 Å². The molecule has 16 N–H and O–H groups in total. The molecule has 1 rings (SSSR count). The summed E-state index contributed by atoms with van der Waals surface area (Å²) in [5.41, 5.74) is 23.1. The van der Waals surface area contributed by atoms with Gasteiger partial charge in [-0.15, -0.1) is 0 Å². The quantitative estimate of drug-likeness (QED) is 0.0287. The second kappa shape index (κ2) is 27.4. The van der Waals surface area contributed by atoms with Crippen LogP contribution in [0.1, 0.15) is 62.7 Å². The number of nitrogens with two attached hydrogens (primary N) is 4. The number of nitrogens with one attached hydrogen (secondary N) is 6. The van der Waals surface area contributed by atoms with Crippen molar-refractivity contribution in [3.63, 3.8) is 0 Å². The van der Waals surface area contributed by atoms with Crippen LogP contribution in [0.2, 0.25) is 0 Å². The van der Waals surface area contributed by atoms with Gasteiger partial charge in [-0.1, -0.05) is 26.0 Å². The fraction of sp³-hybridized carbons (Fsp3) is 0.657. The highest BCUT2D eigenvalue weighted by molar-refractivity contribution is 6.58. The van der Waals surface area contributed by atoms with Crippen LogP contribution in [0.25, 0.3) is 0 Å². The standard InChI is InChI=1S/C35H63BN10O8/c1-3-23(30(47)41-13-9-37)19-26(33(50)42-14-10-38)21-28(35(52)44-16-12-40)22-27(34(51)43-15-11-39)20-24(4-2)31(48)45-17-18-46-32(49)25-5-7-29(8-6-25)36(53)54/h5-8,23-24,26-28,53-54H,3-4,9-22,37-40H2,1-2H3,(H,41,47)(H,42,50)(H,43,51)(H,44,52)(H,45,48)(H,46,49). The van der Waals surface area contributed by atoms with Gasteiger partial charge < -0.3 is 64.9 Å². The Balaban J connectivity index is 3.22. The lowest BCUT2D eigenvalue weighted by Crippen LogP contribution is -2.44. The summed E-state index contributed by atoms with van der Waals surface area (Å²) in [5, 5.41) is 35.1. The zero-order chi connectivity index (χ0) is 40.5. The van der Waals surface area contributed by atoms with Gasteiger partial charge in [0.25, 0.3) is 5.91 Å². The monoisotopic (exact) mass is 762 g/mol. The van der Waals surface area contributed by atoms with E-state index in [0.29, 0.717) is 18.4 Å². The third kappa shape index (κ3) is 17.8. The van der Waals surface area contributed by atoms with Crippen LogP contribution >= 0.6 is 0 Å². The van der Waals surface area contributed by atoms with Gasteiger partial charge in [0.05, 0.1) is 0 Å². The Hall–Kier alpha value is -4.14. The van der Waals surface area contributed by atoms with Crippen molar-refractivity contribution in [2.75, 3.05) is 65.4 Å². The summed E-state index contributed by atoms with van der Waals surface area (Å²) in [7, 11) is -1.65. The highest BCUT2D eigenvalue weighted by Crippen LogP contribution is 2.30. The van der Waals surface area contributed by atoms with Crippen molar-refractivity contribution in [2.45, 2.75) is 52.4 Å². The van der Waals surface area contributed by atoms with Crippen molar-refractivity contribution in [1.82, 2.24) is 31.9 Å². The molecule has 0 saturated heterocycles. The molecule has 54 heavy (non-hydrogen) atoms. The Morgan fingerprint density at radius 3 is 1.11 bits per heavy atom. The van der Waals surface area contributed by atoms with Crippen LogP contribution in [0.5, 0.6) is 0 Å². The fourth-order valence-corrected chi connectivity index (χ4v) is 6.00. The van der Waals surface area contributed by atoms with Gasteiger partial charge in [-0.2, -0.15) is 0 Å². The molecular formula is C35H63BN10O8. The van der Waals surface area contributed by atoms with Crippen molar-refractivity contribution in [3.05, 3.63) is 29.8 Å². The zero-order valence-corrected chi connectivity index (χ0v) is 31.7. The molecular weight excluding hydrogens is 699 g/mol. The largest absolute Gasteiger partial charge is 0.488 e. The van der Waals surface area contributed by atoms with Crippen molar-refractivity contribution in [2.24, 2.45) is 52.5 Å². The van der Waals surface area contributed by atoms with Crippen molar-refractivity contribution >= 4 is 48.0 Å². The molecule has 5 unspecified atom stereocenters. The lowest BCUT2D eigenvalue weighted by Gasteiger charge is -2.29. The van der Waals surface area contributed by atoms with E-state index >= 15 is 0 Å². The van der Waals surface area contributed by atoms with Crippen LogP contribution in [0.3, 0.4) is 0 Å². The summed E-state index contributed by atoms with van der Waals surface area (Å²) in [6.07, 6.45) is 1.03. The minimum Gasteiger partial charge on any atom is -0.423 e. The van der Waals surface area contributed by atoms with Crippen LogP contribution in [0.4, 0.5) is 0 Å². The maximum atomic E-state index is 13.6. The van der Waals surface area contributed by atoms with E-state index in [0.717, 1.165) is 0 Å². The molecule has 0 aliphatic rings. The molecule has 0 fully saturated rings. The zero-order valence-electron chi connectivity index (χ0n) is 31.7. The second-order valence-electron chi connectivity index (χ2n) is 13.1. The van der Waals surface area contributed by atoms with Gasteiger partial charge in [0.15, 0.2) is 0 Å². The Kier molecular flexibility index (Phi) is 24.3. The predicted molar refractivity (Wildman–Crippen MR) is 206 cm³/mol. The number of carbonyl (C=O) groups is 6.